The Bertz CT molecular complexity index is 1560. The number of piperazine rings is 1. The number of nitrogens with zero attached hydrogens (tertiary/aromatic N) is 5. The zero-order valence-electron chi connectivity index (χ0n) is 26.8. The molecule has 4 N–H and O–H groups in total. The quantitative estimate of drug-likeness (QED) is 0.162. The number of ether oxygens (including phenoxy) is 3. The van der Waals surface area contributed by atoms with Crippen LogP contribution >= 0.6 is 0 Å². The maximum Gasteiger partial charge on any atom is 0.409 e. The van der Waals surface area contributed by atoms with Crippen LogP contribution in [0.2, 0.25) is 0 Å². The molecule has 4 rings (SSSR count). The van der Waals surface area contributed by atoms with Crippen molar-refractivity contribution >= 4 is 35.0 Å². The summed E-state index contributed by atoms with van der Waals surface area (Å²) in [6.07, 6.45) is 2.68. The number of aromatic amines is 1. The Morgan fingerprint density at radius 2 is 1.85 bits per heavy atom. The van der Waals surface area contributed by atoms with Gasteiger partial charge in [-0.15, -0.1) is 0 Å². The standard InChI is InChI=1S/C31H44N8O7/c1-4-6-16-46-29-35-27(32)26-28(36-29)39(30(42)34-26)11-7-8-22-17-21(9-10-23(22)18-25(41)44-3)19-33-24(40)20-37-12-14-38(15-13-37)31(43)45-5-2/h9-10,17H,4-8,11-16,18-20H2,1-3H3,(H,33,40)(H,34,42)(H2,32,35,36). The molecule has 2 amide bonds. The molecule has 15 heteroatoms. The molecule has 3 heterocycles. The van der Waals surface area contributed by atoms with Crippen LogP contribution in [0.4, 0.5) is 10.6 Å². The molecule has 46 heavy (non-hydrogen) atoms. The van der Waals surface area contributed by atoms with Gasteiger partial charge in [-0.1, -0.05) is 31.5 Å². The van der Waals surface area contributed by atoms with Crippen molar-refractivity contribution in [1.82, 2.24) is 34.6 Å². The van der Waals surface area contributed by atoms with Crippen LogP contribution in [-0.4, -0.2) is 100 Å². The maximum atomic E-state index is 12.8. The highest BCUT2D eigenvalue weighted by Gasteiger charge is 2.23. The summed E-state index contributed by atoms with van der Waals surface area (Å²) >= 11 is 0. The molecule has 0 atom stereocenters. The molecule has 3 aromatic rings. The number of esters is 1. The van der Waals surface area contributed by atoms with Crippen LogP contribution < -0.4 is 21.5 Å². The summed E-state index contributed by atoms with van der Waals surface area (Å²) in [5.74, 6) is -0.342. The fourth-order valence-electron chi connectivity index (χ4n) is 5.22. The minimum absolute atomic E-state index is 0.103. The summed E-state index contributed by atoms with van der Waals surface area (Å²) in [5.41, 5.74) is 9.06. The third-order valence-electron chi connectivity index (χ3n) is 7.78. The van der Waals surface area contributed by atoms with Crippen LogP contribution in [0.3, 0.4) is 0 Å². The average molecular weight is 641 g/mol. The van der Waals surface area contributed by atoms with Gasteiger partial charge in [0.25, 0.3) is 0 Å². The van der Waals surface area contributed by atoms with Crippen molar-refractivity contribution in [1.29, 1.82) is 0 Å². The summed E-state index contributed by atoms with van der Waals surface area (Å²) < 4.78 is 17.1. The first-order valence-corrected chi connectivity index (χ1v) is 15.7. The van der Waals surface area contributed by atoms with Crippen molar-refractivity contribution < 1.29 is 28.6 Å². The van der Waals surface area contributed by atoms with Gasteiger partial charge in [0.15, 0.2) is 11.5 Å². The van der Waals surface area contributed by atoms with Gasteiger partial charge in [0.2, 0.25) is 5.91 Å². The zero-order chi connectivity index (χ0) is 33.1. The normalized spacial score (nSPS) is 13.5. The maximum absolute atomic E-state index is 12.8. The van der Waals surface area contributed by atoms with Gasteiger partial charge in [-0.3, -0.25) is 19.1 Å². The number of imidazole rings is 1. The number of carbonyl (C=O) groups excluding carboxylic acids is 3. The van der Waals surface area contributed by atoms with E-state index >= 15 is 0 Å². The van der Waals surface area contributed by atoms with Gasteiger partial charge in [0.05, 0.1) is 33.3 Å². The van der Waals surface area contributed by atoms with E-state index < -0.39 is 0 Å². The van der Waals surface area contributed by atoms with Crippen LogP contribution in [0.5, 0.6) is 6.01 Å². The lowest BCUT2D eigenvalue weighted by molar-refractivity contribution is -0.139. The third kappa shape index (κ3) is 9.19. The molecule has 1 fully saturated rings. The van der Waals surface area contributed by atoms with Gasteiger partial charge in [0.1, 0.15) is 5.52 Å². The SMILES string of the molecule is CCCCOc1nc(N)c2[nH]c(=O)n(CCCc3cc(CNC(=O)CN4CCN(C(=O)OCC)CC4)ccc3CC(=O)OC)c2n1. The number of fused-ring (bicyclic) bond motifs is 1. The van der Waals surface area contributed by atoms with Gasteiger partial charge in [-0.05, 0) is 42.9 Å². The fraction of sp³-hybridized carbons (Fsp3) is 0.548. The number of unbranched alkanes of at least 4 members (excludes halogenated alkanes) is 1. The fourth-order valence-corrected chi connectivity index (χ4v) is 5.22. The Kier molecular flexibility index (Phi) is 12.3. The third-order valence-corrected chi connectivity index (χ3v) is 7.78. The largest absolute Gasteiger partial charge is 0.469 e. The van der Waals surface area contributed by atoms with Crippen molar-refractivity contribution in [2.24, 2.45) is 0 Å². The monoisotopic (exact) mass is 640 g/mol. The number of nitrogens with two attached hydrogens (primary N) is 1. The van der Waals surface area contributed by atoms with Gasteiger partial charge < -0.3 is 35.1 Å². The number of aryl methyl sites for hydroxylation is 2. The van der Waals surface area contributed by atoms with Crippen molar-refractivity contribution in [3.63, 3.8) is 0 Å². The second-order valence-corrected chi connectivity index (χ2v) is 11.1. The predicted octanol–water partition coefficient (Wildman–Crippen LogP) is 1.62. The smallest absolute Gasteiger partial charge is 0.409 e. The molecule has 1 saturated heterocycles. The molecule has 0 spiro atoms. The molecule has 0 radical (unpaired) electrons. The molecule has 0 bridgehead atoms. The van der Waals surface area contributed by atoms with E-state index in [0.717, 1.165) is 29.5 Å². The Labute approximate surface area is 267 Å². The van der Waals surface area contributed by atoms with E-state index in [1.54, 1.807) is 11.8 Å². The average Bonchev–Trinajstić information content (AvgIpc) is 3.36. The van der Waals surface area contributed by atoms with Gasteiger partial charge >= 0.3 is 23.8 Å². The number of anilines is 1. The Balaban J connectivity index is 1.38. The number of hydrogen-bond donors (Lipinski definition) is 3. The molecule has 1 aliphatic heterocycles. The second kappa shape index (κ2) is 16.6. The molecule has 1 aliphatic rings. The number of nitrogens with one attached hydrogen (secondary N) is 2. The van der Waals surface area contributed by atoms with E-state index in [4.69, 9.17) is 19.9 Å². The number of nitrogen functional groups attached to an aromatic ring is 1. The summed E-state index contributed by atoms with van der Waals surface area (Å²) in [6, 6.07) is 5.84. The predicted molar refractivity (Wildman–Crippen MR) is 170 cm³/mol. The Morgan fingerprint density at radius 3 is 2.57 bits per heavy atom. The van der Waals surface area contributed by atoms with Crippen LogP contribution in [0.1, 0.15) is 49.8 Å². The van der Waals surface area contributed by atoms with Crippen LogP contribution in [0.25, 0.3) is 11.2 Å². The summed E-state index contributed by atoms with van der Waals surface area (Å²) in [7, 11) is 1.35. The van der Waals surface area contributed by atoms with Crippen LogP contribution in [0.15, 0.2) is 23.0 Å². The number of rotatable bonds is 15. The summed E-state index contributed by atoms with van der Waals surface area (Å²) in [6.45, 7) is 7.67. The number of benzene rings is 1. The van der Waals surface area contributed by atoms with E-state index in [-0.39, 0.29) is 48.5 Å². The van der Waals surface area contributed by atoms with E-state index in [1.165, 1.54) is 11.7 Å². The molecule has 0 saturated carbocycles. The molecule has 0 unspecified atom stereocenters. The number of amides is 2. The summed E-state index contributed by atoms with van der Waals surface area (Å²) in [4.78, 5) is 64.5. The highest BCUT2D eigenvalue weighted by Crippen LogP contribution is 2.20. The van der Waals surface area contributed by atoms with Crippen molar-refractivity contribution in [3.8, 4) is 6.01 Å². The highest BCUT2D eigenvalue weighted by molar-refractivity contribution is 5.82. The minimum Gasteiger partial charge on any atom is -0.469 e. The molecular weight excluding hydrogens is 596 g/mol. The van der Waals surface area contributed by atoms with Crippen LogP contribution in [0, 0.1) is 0 Å². The topological polar surface area (TPSA) is 187 Å². The number of methoxy groups -OCH3 is 1. The van der Waals surface area contributed by atoms with Crippen molar-refractivity contribution in [2.75, 3.05) is 58.8 Å². The van der Waals surface area contributed by atoms with Gasteiger partial charge in [-0.2, -0.15) is 9.97 Å². The lowest BCUT2D eigenvalue weighted by Crippen LogP contribution is -2.51. The first-order valence-electron chi connectivity index (χ1n) is 15.7. The van der Waals surface area contributed by atoms with Crippen molar-refractivity contribution in [3.05, 3.63) is 45.4 Å². The van der Waals surface area contributed by atoms with E-state index in [9.17, 15) is 19.2 Å². The van der Waals surface area contributed by atoms with Crippen LogP contribution in [-0.2, 0) is 45.0 Å². The molecule has 15 nitrogen and oxygen atoms in total. The minimum atomic E-state index is -0.360. The molecule has 0 aliphatic carbocycles. The van der Waals surface area contributed by atoms with Crippen molar-refractivity contribution in [2.45, 2.75) is 59.0 Å². The molecule has 2 aromatic heterocycles. The second-order valence-electron chi connectivity index (χ2n) is 11.1. The van der Waals surface area contributed by atoms with E-state index in [0.29, 0.717) is 76.5 Å². The van der Waals surface area contributed by atoms with Gasteiger partial charge in [0, 0.05) is 39.3 Å². The Morgan fingerprint density at radius 1 is 1.07 bits per heavy atom. The molecule has 250 valence electrons. The molecule has 1 aromatic carbocycles. The van der Waals surface area contributed by atoms with E-state index in [2.05, 4.69) is 20.3 Å². The molecular formula is C31H44N8O7. The first-order chi connectivity index (χ1) is 22.2. The number of hydrogen-bond acceptors (Lipinski definition) is 11. The lowest BCUT2D eigenvalue weighted by Gasteiger charge is -2.33. The van der Waals surface area contributed by atoms with Gasteiger partial charge in [-0.25, -0.2) is 9.59 Å². The number of aromatic nitrogens is 4. The first kappa shape index (κ1) is 34.2. The number of carbonyl (C=O) groups is 3. The lowest BCUT2D eigenvalue weighted by atomic mass is 9.97. The zero-order valence-corrected chi connectivity index (χ0v) is 26.8. The Hall–Kier alpha value is -4.66. The van der Waals surface area contributed by atoms with E-state index in [1.807, 2.05) is 30.0 Å². The highest BCUT2D eigenvalue weighted by atomic mass is 16.6. The summed E-state index contributed by atoms with van der Waals surface area (Å²) in [5, 5.41) is 2.97. The number of H-pyrrole nitrogens is 1.